The van der Waals surface area contributed by atoms with E-state index in [2.05, 4.69) is 11.0 Å². The molecule has 7 heteroatoms. The molecule has 3 heterocycles. The Kier molecular flexibility index (Phi) is 5.00. The number of aromatic nitrogens is 1. The zero-order chi connectivity index (χ0) is 20.7. The van der Waals surface area contributed by atoms with E-state index in [0.29, 0.717) is 17.4 Å². The molecule has 2 aliphatic rings. The fraction of sp³-hybridized carbons (Fsp3) is 0.348. The SMILES string of the molecule is COc1ccccc1N1C(=O)C[C@H](N2CCC[C@H](c3nc4ccccc4s3)C2)C1=O. The van der Waals surface area contributed by atoms with Crippen LogP contribution in [-0.4, -0.2) is 47.9 Å². The lowest BCUT2D eigenvalue weighted by atomic mass is 9.97. The van der Waals surface area contributed by atoms with Crippen LogP contribution in [0.1, 0.15) is 30.2 Å². The summed E-state index contributed by atoms with van der Waals surface area (Å²) in [6.45, 7) is 1.58. The third kappa shape index (κ3) is 3.28. The van der Waals surface area contributed by atoms with E-state index in [4.69, 9.17) is 9.72 Å². The van der Waals surface area contributed by atoms with Crippen molar-refractivity contribution in [2.45, 2.75) is 31.2 Å². The number of para-hydroxylation sites is 3. The number of imide groups is 1. The van der Waals surface area contributed by atoms with Crippen molar-refractivity contribution >= 4 is 39.1 Å². The molecule has 2 aromatic carbocycles. The van der Waals surface area contributed by atoms with Crippen LogP contribution in [0.25, 0.3) is 10.2 Å². The Morgan fingerprint density at radius 1 is 1.10 bits per heavy atom. The average molecular weight is 422 g/mol. The van der Waals surface area contributed by atoms with E-state index in [9.17, 15) is 9.59 Å². The summed E-state index contributed by atoms with van der Waals surface area (Å²) in [5, 5.41) is 1.12. The Morgan fingerprint density at radius 2 is 1.90 bits per heavy atom. The van der Waals surface area contributed by atoms with Crippen molar-refractivity contribution in [3.63, 3.8) is 0 Å². The lowest BCUT2D eigenvalue weighted by Crippen LogP contribution is -2.46. The number of nitrogens with zero attached hydrogens (tertiary/aromatic N) is 3. The van der Waals surface area contributed by atoms with Crippen LogP contribution in [0.2, 0.25) is 0 Å². The Morgan fingerprint density at radius 3 is 2.73 bits per heavy atom. The van der Waals surface area contributed by atoms with Crippen LogP contribution in [-0.2, 0) is 9.59 Å². The molecule has 2 fully saturated rings. The van der Waals surface area contributed by atoms with Crippen molar-refractivity contribution in [2.24, 2.45) is 0 Å². The van der Waals surface area contributed by atoms with Gasteiger partial charge in [-0.05, 0) is 43.7 Å². The van der Waals surface area contributed by atoms with Crippen LogP contribution in [0.5, 0.6) is 5.75 Å². The number of fused-ring (bicyclic) bond motifs is 1. The molecule has 2 aliphatic heterocycles. The standard InChI is InChI=1S/C23H23N3O3S/c1-29-19-10-4-3-9-17(19)26-21(27)13-18(23(26)28)25-12-6-7-15(14-25)22-24-16-8-2-5-11-20(16)30-22/h2-5,8-11,15,18H,6-7,12-14H2,1H3/t15-,18-/m0/s1. The number of piperidine rings is 1. The molecule has 0 saturated carbocycles. The van der Waals surface area contributed by atoms with E-state index in [-0.39, 0.29) is 18.2 Å². The number of carbonyl (C=O) groups excluding carboxylic acids is 2. The molecule has 0 aliphatic carbocycles. The van der Waals surface area contributed by atoms with Gasteiger partial charge in [0.05, 0.1) is 40.5 Å². The van der Waals surface area contributed by atoms with Crippen molar-refractivity contribution in [1.82, 2.24) is 9.88 Å². The molecule has 2 amide bonds. The first-order chi connectivity index (χ1) is 14.7. The fourth-order valence-corrected chi connectivity index (χ4v) is 5.62. The van der Waals surface area contributed by atoms with E-state index in [1.165, 1.54) is 9.60 Å². The fourth-order valence-electron chi connectivity index (χ4n) is 4.52. The summed E-state index contributed by atoms with van der Waals surface area (Å²) < 4.78 is 6.57. The van der Waals surface area contributed by atoms with Crippen molar-refractivity contribution in [3.8, 4) is 5.75 Å². The summed E-state index contributed by atoms with van der Waals surface area (Å²) in [7, 11) is 1.55. The van der Waals surface area contributed by atoms with Crippen LogP contribution >= 0.6 is 11.3 Å². The van der Waals surface area contributed by atoms with Crippen LogP contribution in [0.3, 0.4) is 0 Å². The van der Waals surface area contributed by atoms with Gasteiger partial charge < -0.3 is 4.74 Å². The molecule has 30 heavy (non-hydrogen) atoms. The highest BCUT2D eigenvalue weighted by Crippen LogP contribution is 2.37. The first-order valence-electron chi connectivity index (χ1n) is 10.2. The molecule has 154 valence electrons. The predicted octanol–water partition coefficient (Wildman–Crippen LogP) is 3.82. The molecule has 3 aromatic rings. The van der Waals surface area contributed by atoms with Crippen molar-refractivity contribution in [2.75, 3.05) is 25.1 Å². The van der Waals surface area contributed by atoms with E-state index in [1.54, 1.807) is 30.6 Å². The van der Waals surface area contributed by atoms with Gasteiger partial charge >= 0.3 is 0 Å². The van der Waals surface area contributed by atoms with Gasteiger partial charge in [-0.1, -0.05) is 24.3 Å². The van der Waals surface area contributed by atoms with E-state index >= 15 is 0 Å². The van der Waals surface area contributed by atoms with Crippen LogP contribution < -0.4 is 9.64 Å². The highest BCUT2D eigenvalue weighted by Gasteiger charge is 2.44. The third-order valence-electron chi connectivity index (χ3n) is 6.00. The molecule has 1 aromatic heterocycles. The second-order valence-corrected chi connectivity index (χ2v) is 8.88. The van der Waals surface area contributed by atoms with Gasteiger partial charge in [0.25, 0.3) is 5.91 Å². The Labute approximate surface area is 179 Å². The second kappa shape index (κ2) is 7.81. The predicted molar refractivity (Wildman–Crippen MR) is 117 cm³/mol. The lowest BCUT2D eigenvalue weighted by molar-refractivity contribution is -0.123. The van der Waals surface area contributed by atoms with Gasteiger partial charge in [-0.15, -0.1) is 11.3 Å². The molecule has 2 atom stereocenters. The zero-order valence-electron chi connectivity index (χ0n) is 16.8. The molecule has 0 bridgehead atoms. The number of likely N-dealkylation sites (tertiary alicyclic amines) is 1. The molecule has 0 N–H and O–H groups in total. The molecule has 5 rings (SSSR count). The summed E-state index contributed by atoms with van der Waals surface area (Å²) in [6.07, 6.45) is 2.26. The van der Waals surface area contributed by atoms with Crippen LogP contribution in [0.15, 0.2) is 48.5 Å². The monoisotopic (exact) mass is 421 g/mol. The van der Waals surface area contributed by atoms with E-state index in [1.807, 2.05) is 30.3 Å². The Bertz CT molecular complexity index is 1080. The van der Waals surface area contributed by atoms with E-state index < -0.39 is 6.04 Å². The maximum Gasteiger partial charge on any atom is 0.251 e. The van der Waals surface area contributed by atoms with Crippen LogP contribution in [0.4, 0.5) is 5.69 Å². The molecular formula is C23H23N3O3S. The molecule has 6 nitrogen and oxygen atoms in total. The molecule has 2 saturated heterocycles. The number of thiazole rings is 1. The van der Waals surface area contributed by atoms with Gasteiger partial charge in [0.15, 0.2) is 0 Å². The number of ether oxygens (including phenoxy) is 1. The summed E-state index contributed by atoms with van der Waals surface area (Å²) in [5.74, 6) is 0.497. The molecular weight excluding hydrogens is 398 g/mol. The third-order valence-corrected chi connectivity index (χ3v) is 7.20. The number of benzene rings is 2. The van der Waals surface area contributed by atoms with Crippen molar-refractivity contribution in [3.05, 3.63) is 53.5 Å². The van der Waals surface area contributed by atoms with Crippen molar-refractivity contribution < 1.29 is 14.3 Å². The van der Waals surface area contributed by atoms with Gasteiger partial charge in [0.2, 0.25) is 5.91 Å². The summed E-state index contributed by atoms with van der Waals surface area (Å²) in [4.78, 5) is 34.4. The van der Waals surface area contributed by atoms with Gasteiger partial charge in [-0.3, -0.25) is 14.5 Å². The van der Waals surface area contributed by atoms with Gasteiger partial charge in [-0.2, -0.15) is 0 Å². The quantitative estimate of drug-likeness (QED) is 0.600. The number of methoxy groups -OCH3 is 1. The number of hydrogen-bond donors (Lipinski definition) is 0. The Balaban J connectivity index is 1.37. The minimum atomic E-state index is -0.417. The summed E-state index contributed by atoms with van der Waals surface area (Å²) in [5.41, 5.74) is 1.56. The van der Waals surface area contributed by atoms with Crippen LogP contribution in [0, 0.1) is 0 Å². The number of rotatable bonds is 4. The number of carbonyl (C=O) groups is 2. The maximum absolute atomic E-state index is 13.3. The lowest BCUT2D eigenvalue weighted by Gasteiger charge is -2.34. The second-order valence-electron chi connectivity index (χ2n) is 7.81. The number of anilines is 1. The highest BCUT2D eigenvalue weighted by molar-refractivity contribution is 7.18. The smallest absolute Gasteiger partial charge is 0.251 e. The van der Waals surface area contributed by atoms with Gasteiger partial charge in [-0.25, -0.2) is 9.88 Å². The van der Waals surface area contributed by atoms with Gasteiger partial charge in [0.1, 0.15) is 5.75 Å². The maximum atomic E-state index is 13.3. The summed E-state index contributed by atoms with van der Waals surface area (Å²) >= 11 is 1.74. The minimum absolute atomic E-state index is 0.158. The van der Waals surface area contributed by atoms with E-state index in [0.717, 1.165) is 36.5 Å². The number of hydrogen-bond acceptors (Lipinski definition) is 6. The number of amides is 2. The summed E-state index contributed by atoms with van der Waals surface area (Å²) in [6, 6.07) is 14.9. The molecule has 0 spiro atoms. The highest BCUT2D eigenvalue weighted by atomic mass is 32.1. The first-order valence-corrected chi connectivity index (χ1v) is 11.1. The zero-order valence-corrected chi connectivity index (χ0v) is 17.6. The molecule has 0 radical (unpaired) electrons. The largest absolute Gasteiger partial charge is 0.495 e. The Hall–Kier alpha value is -2.77. The molecule has 0 unspecified atom stereocenters. The minimum Gasteiger partial charge on any atom is -0.495 e. The topological polar surface area (TPSA) is 62.7 Å². The van der Waals surface area contributed by atoms with Crippen molar-refractivity contribution in [1.29, 1.82) is 0 Å². The normalized spacial score (nSPS) is 22.8. The average Bonchev–Trinajstić information content (AvgIpc) is 3.34. The first kappa shape index (κ1) is 19.2. The van der Waals surface area contributed by atoms with Gasteiger partial charge in [0, 0.05) is 12.5 Å².